The highest BCUT2D eigenvalue weighted by Crippen LogP contribution is 2.19. The van der Waals surface area contributed by atoms with Gasteiger partial charge >= 0.3 is 5.97 Å². The summed E-state index contributed by atoms with van der Waals surface area (Å²) in [6, 6.07) is 13.4. The number of amides is 3. The molecule has 3 amide bonds. The normalized spacial score (nSPS) is 13.0. The topological polar surface area (TPSA) is 102 Å². The number of fused-ring (bicyclic) bond motifs is 1. The van der Waals surface area contributed by atoms with Crippen LogP contribution in [-0.2, 0) is 25.5 Å². The molecule has 0 radical (unpaired) electrons. The number of benzene rings is 2. The second kappa shape index (κ2) is 8.34. The van der Waals surface area contributed by atoms with Crippen LogP contribution in [0.5, 0.6) is 5.75 Å². The smallest absolute Gasteiger partial charge is 0.326 e. The van der Waals surface area contributed by atoms with Crippen LogP contribution in [0.25, 0.3) is 0 Å². The zero-order valence-corrected chi connectivity index (χ0v) is 15.1. The number of methoxy groups -OCH3 is 1. The number of esters is 1. The molecule has 1 aliphatic rings. The van der Waals surface area contributed by atoms with Crippen molar-refractivity contribution in [3.05, 3.63) is 59.7 Å². The van der Waals surface area contributed by atoms with Gasteiger partial charge in [-0.2, -0.15) is 0 Å². The van der Waals surface area contributed by atoms with Gasteiger partial charge < -0.3 is 14.8 Å². The molecule has 2 aromatic rings. The zero-order chi connectivity index (χ0) is 20.1. The van der Waals surface area contributed by atoms with Crippen molar-refractivity contribution in [2.24, 2.45) is 0 Å². The van der Waals surface area contributed by atoms with E-state index in [-0.39, 0.29) is 6.42 Å². The highest BCUT2D eigenvalue weighted by molar-refractivity contribution is 6.11. The van der Waals surface area contributed by atoms with Gasteiger partial charge in [0.25, 0.3) is 11.8 Å². The summed E-state index contributed by atoms with van der Waals surface area (Å²) in [4.78, 5) is 49.3. The van der Waals surface area contributed by atoms with E-state index in [4.69, 9.17) is 9.47 Å². The zero-order valence-electron chi connectivity index (χ0n) is 15.1. The van der Waals surface area contributed by atoms with E-state index in [0.717, 1.165) is 4.90 Å². The molecule has 8 nitrogen and oxygen atoms in total. The van der Waals surface area contributed by atoms with Crippen molar-refractivity contribution < 1.29 is 28.7 Å². The standard InChI is InChI=1S/C20H18N2O6/c1-27-15-8-6-14(7-9-15)21-17(23)12-28-19(25)11-22-18(24)10-13-4-2-3-5-16(13)20(22)26/h2-9H,10-12H2,1H3,(H,21,23). The van der Waals surface area contributed by atoms with Crippen LogP contribution in [0.15, 0.2) is 48.5 Å². The maximum atomic E-state index is 12.4. The first-order valence-electron chi connectivity index (χ1n) is 8.50. The summed E-state index contributed by atoms with van der Waals surface area (Å²) in [6.07, 6.45) is 0.0349. The molecule has 1 N–H and O–H groups in total. The van der Waals surface area contributed by atoms with Gasteiger partial charge in [-0.25, -0.2) is 0 Å². The fraction of sp³-hybridized carbons (Fsp3) is 0.200. The molecule has 0 unspecified atom stereocenters. The van der Waals surface area contributed by atoms with E-state index in [1.165, 1.54) is 7.11 Å². The quantitative estimate of drug-likeness (QED) is 0.599. The van der Waals surface area contributed by atoms with Crippen LogP contribution in [0, 0.1) is 0 Å². The predicted octanol–water partition coefficient (Wildman–Crippen LogP) is 1.40. The van der Waals surface area contributed by atoms with E-state index in [0.29, 0.717) is 22.6 Å². The second-order valence-corrected chi connectivity index (χ2v) is 6.06. The lowest BCUT2D eigenvalue weighted by Gasteiger charge is -2.25. The molecular weight excluding hydrogens is 364 g/mol. The third kappa shape index (κ3) is 4.35. The Morgan fingerprint density at radius 3 is 2.50 bits per heavy atom. The minimum atomic E-state index is -0.842. The van der Waals surface area contributed by atoms with Gasteiger partial charge in [-0.3, -0.25) is 24.1 Å². The lowest BCUT2D eigenvalue weighted by molar-refractivity contribution is -0.150. The third-order valence-corrected chi connectivity index (χ3v) is 4.16. The molecule has 0 spiro atoms. The van der Waals surface area contributed by atoms with Crippen molar-refractivity contribution in [1.29, 1.82) is 0 Å². The molecule has 8 heteroatoms. The van der Waals surface area contributed by atoms with Crippen LogP contribution in [-0.4, -0.2) is 48.9 Å². The van der Waals surface area contributed by atoms with E-state index in [2.05, 4.69) is 5.32 Å². The SMILES string of the molecule is COc1ccc(NC(=O)COC(=O)CN2C(=O)Cc3ccccc3C2=O)cc1. The third-order valence-electron chi connectivity index (χ3n) is 4.16. The van der Waals surface area contributed by atoms with Gasteiger partial charge in [0, 0.05) is 11.3 Å². The highest BCUT2D eigenvalue weighted by Gasteiger charge is 2.32. The Bertz CT molecular complexity index is 923. The molecule has 1 aliphatic heterocycles. The summed E-state index contributed by atoms with van der Waals surface area (Å²) in [6.45, 7) is -1.07. The summed E-state index contributed by atoms with van der Waals surface area (Å²) in [7, 11) is 1.53. The molecular formula is C20H18N2O6. The Hall–Kier alpha value is -3.68. The minimum absolute atomic E-state index is 0.0349. The molecule has 28 heavy (non-hydrogen) atoms. The number of ether oxygens (including phenoxy) is 2. The number of hydrogen-bond acceptors (Lipinski definition) is 6. The fourth-order valence-corrected chi connectivity index (χ4v) is 2.75. The van der Waals surface area contributed by atoms with Crippen molar-refractivity contribution >= 4 is 29.4 Å². The molecule has 2 aromatic carbocycles. The Morgan fingerprint density at radius 1 is 1.07 bits per heavy atom. The van der Waals surface area contributed by atoms with Crippen molar-refractivity contribution in [1.82, 2.24) is 4.90 Å². The van der Waals surface area contributed by atoms with Gasteiger partial charge in [0.2, 0.25) is 5.91 Å². The van der Waals surface area contributed by atoms with Gasteiger partial charge in [0.15, 0.2) is 6.61 Å². The monoisotopic (exact) mass is 382 g/mol. The van der Waals surface area contributed by atoms with Gasteiger partial charge in [0.1, 0.15) is 12.3 Å². The number of nitrogens with one attached hydrogen (secondary N) is 1. The largest absolute Gasteiger partial charge is 0.497 e. The Kier molecular flexibility index (Phi) is 5.69. The number of nitrogens with zero attached hydrogens (tertiary/aromatic N) is 1. The molecule has 0 atom stereocenters. The lowest BCUT2D eigenvalue weighted by atomic mass is 9.98. The lowest BCUT2D eigenvalue weighted by Crippen LogP contribution is -2.45. The summed E-state index contributed by atoms with van der Waals surface area (Å²) >= 11 is 0. The van der Waals surface area contributed by atoms with E-state index in [1.807, 2.05) is 0 Å². The highest BCUT2D eigenvalue weighted by atomic mass is 16.5. The van der Waals surface area contributed by atoms with Gasteiger partial charge in [-0.15, -0.1) is 0 Å². The predicted molar refractivity (Wildman–Crippen MR) is 98.8 cm³/mol. The number of rotatable bonds is 6. The minimum Gasteiger partial charge on any atom is -0.497 e. The molecule has 0 saturated carbocycles. The van der Waals surface area contributed by atoms with Gasteiger partial charge in [-0.1, -0.05) is 18.2 Å². The van der Waals surface area contributed by atoms with E-state index < -0.39 is 36.8 Å². The van der Waals surface area contributed by atoms with E-state index >= 15 is 0 Å². The molecule has 0 aromatic heterocycles. The fourth-order valence-electron chi connectivity index (χ4n) is 2.75. The number of anilines is 1. The molecule has 144 valence electrons. The van der Waals surface area contributed by atoms with Crippen molar-refractivity contribution in [3.8, 4) is 5.75 Å². The van der Waals surface area contributed by atoms with Crippen LogP contribution < -0.4 is 10.1 Å². The molecule has 1 heterocycles. The van der Waals surface area contributed by atoms with E-state index in [9.17, 15) is 19.2 Å². The van der Waals surface area contributed by atoms with E-state index in [1.54, 1.807) is 48.5 Å². The first-order chi connectivity index (χ1) is 13.5. The van der Waals surface area contributed by atoms with Crippen LogP contribution in [0.3, 0.4) is 0 Å². The first-order valence-corrected chi connectivity index (χ1v) is 8.50. The van der Waals surface area contributed by atoms with Gasteiger partial charge in [-0.05, 0) is 35.9 Å². The first kappa shape index (κ1) is 19.1. The average molecular weight is 382 g/mol. The van der Waals surface area contributed by atoms with Crippen molar-refractivity contribution in [2.75, 3.05) is 25.6 Å². The summed E-state index contributed by atoms with van der Waals surface area (Å²) < 4.78 is 9.91. The Labute approximate surface area is 161 Å². The van der Waals surface area contributed by atoms with Crippen LogP contribution >= 0.6 is 0 Å². The average Bonchev–Trinajstić information content (AvgIpc) is 2.70. The maximum Gasteiger partial charge on any atom is 0.326 e. The van der Waals surface area contributed by atoms with Crippen LogP contribution in [0.1, 0.15) is 15.9 Å². The number of carbonyl (C=O) groups excluding carboxylic acids is 4. The Morgan fingerprint density at radius 2 is 1.79 bits per heavy atom. The van der Waals surface area contributed by atoms with Crippen molar-refractivity contribution in [3.63, 3.8) is 0 Å². The molecule has 0 aliphatic carbocycles. The summed E-state index contributed by atoms with van der Waals surface area (Å²) in [5.41, 5.74) is 1.52. The number of hydrogen-bond donors (Lipinski definition) is 1. The Balaban J connectivity index is 1.52. The molecule has 0 fully saturated rings. The number of carbonyl (C=O) groups is 4. The number of imide groups is 1. The summed E-state index contributed by atoms with van der Waals surface area (Å²) in [5, 5.41) is 2.56. The maximum absolute atomic E-state index is 12.4. The molecule has 3 rings (SSSR count). The molecule has 0 bridgehead atoms. The van der Waals surface area contributed by atoms with Crippen LogP contribution in [0.2, 0.25) is 0 Å². The van der Waals surface area contributed by atoms with Gasteiger partial charge in [0.05, 0.1) is 13.5 Å². The molecule has 0 saturated heterocycles. The van der Waals surface area contributed by atoms with Crippen LogP contribution in [0.4, 0.5) is 5.69 Å². The second-order valence-electron chi connectivity index (χ2n) is 6.06. The van der Waals surface area contributed by atoms with Crippen molar-refractivity contribution in [2.45, 2.75) is 6.42 Å². The summed E-state index contributed by atoms with van der Waals surface area (Å²) in [5.74, 6) is -1.78.